The first-order valence-electron chi connectivity index (χ1n) is 10.7. The van der Waals surface area contributed by atoms with Crippen LogP contribution in [0, 0.1) is 11.8 Å². The number of hydrogen-bond acceptors (Lipinski definition) is 8. The fourth-order valence-corrected chi connectivity index (χ4v) is 5.53. The Kier molecular flexibility index (Phi) is 6.46. The zero-order chi connectivity index (χ0) is 24.6. The minimum Gasteiger partial charge on any atom is -0.504 e. The predicted molar refractivity (Wildman–Crippen MR) is 126 cm³/mol. The van der Waals surface area contributed by atoms with Gasteiger partial charge in [0.25, 0.3) is 0 Å². The van der Waals surface area contributed by atoms with Crippen molar-refractivity contribution in [3.8, 4) is 17.2 Å². The maximum atomic E-state index is 13.7. The van der Waals surface area contributed by atoms with Crippen molar-refractivity contribution >= 4 is 35.2 Å². The van der Waals surface area contributed by atoms with Gasteiger partial charge in [-0.3, -0.25) is 19.7 Å². The highest BCUT2D eigenvalue weighted by atomic mass is 32.2. The van der Waals surface area contributed by atoms with E-state index in [0.29, 0.717) is 22.8 Å². The maximum Gasteiger partial charge on any atom is 0.324 e. The highest BCUT2D eigenvalue weighted by Crippen LogP contribution is 2.53. The number of aliphatic carboxylic acids is 1. The number of methoxy groups -OCH3 is 2. The van der Waals surface area contributed by atoms with Crippen LogP contribution in [0.4, 0.5) is 5.69 Å². The van der Waals surface area contributed by atoms with Crippen LogP contribution in [-0.2, 0) is 14.4 Å². The van der Waals surface area contributed by atoms with Gasteiger partial charge in [0.2, 0.25) is 11.8 Å². The molecule has 2 aliphatic heterocycles. The number of carbonyl (C=O) groups excluding carboxylic acids is 2. The number of ether oxygens (including phenoxy) is 2. The summed E-state index contributed by atoms with van der Waals surface area (Å²) in [6.07, 6.45) is 1.97. The van der Waals surface area contributed by atoms with Crippen LogP contribution in [0.25, 0.3) is 0 Å². The maximum absolute atomic E-state index is 13.7. The summed E-state index contributed by atoms with van der Waals surface area (Å²) in [7, 11) is 2.91. The number of rotatable bonds is 8. The van der Waals surface area contributed by atoms with Crippen LogP contribution in [0.1, 0.15) is 18.0 Å². The standard InChI is InChI=1S/C24H26N2O7S/c1-32-14-9-7-13(8-10-14)26-21(28)17-18(22(26)29)24(23(30)31,11-12-34-3)25-19(17)15-5-4-6-16(33-2)20(15)27/h4-10,17-19,25,27H,11-12H2,1-3H3,(H,30,31)/t17-,18-,19-,24+/m0/s1. The second kappa shape index (κ2) is 9.19. The number of fused-ring (bicyclic) bond motifs is 1. The molecule has 2 aromatic rings. The molecule has 2 aromatic carbocycles. The van der Waals surface area contributed by atoms with Crippen molar-refractivity contribution < 1.29 is 34.1 Å². The quantitative estimate of drug-likeness (QED) is 0.482. The molecule has 0 aliphatic carbocycles. The highest BCUT2D eigenvalue weighted by Gasteiger charge is 2.68. The Balaban J connectivity index is 1.86. The smallest absolute Gasteiger partial charge is 0.324 e. The molecule has 0 unspecified atom stereocenters. The molecule has 10 heteroatoms. The largest absolute Gasteiger partial charge is 0.504 e. The van der Waals surface area contributed by atoms with Gasteiger partial charge < -0.3 is 19.7 Å². The van der Waals surface area contributed by atoms with Crippen LogP contribution in [0.2, 0.25) is 0 Å². The number of anilines is 1. The second-order valence-electron chi connectivity index (χ2n) is 8.25. The van der Waals surface area contributed by atoms with Crippen molar-refractivity contribution in [2.45, 2.75) is 18.0 Å². The van der Waals surface area contributed by atoms with Gasteiger partial charge in [-0.2, -0.15) is 11.8 Å². The van der Waals surface area contributed by atoms with E-state index in [1.165, 1.54) is 26.0 Å². The van der Waals surface area contributed by atoms with E-state index in [1.54, 1.807) is 42.5 Å². The molecule has 180 valence electrons. The second-order valence-corrected chi connectivity index (χ2v) is 9.24. The van der Waals surface area contributed by atoms with E-state index in [2.05, 4.69) is 5.32 Å². The lowest BCUT2D eigenvalue weighted by molar-refractivity contribution is -0.148. The lowest BCUT2D eigenvalue weighted by atomic mass is 9.78. The van der Waals surface area contributed by atoms with Crippen LogP contribution in [0.15, 0.2) is 42.5 Å². The lowest BCUT2D eigenvalue weighted by Crippen LogP contribution is -2.56. The van der Waals surface area contributed by atoms with E-state index in [0.717, 1.165) is 4.90 Å². The number of carboxylic acid groups (broad SMARTS) is 1. The van der Waals surface area contributed by atoms with Crippen molar-refractivity contribution in [1.29, 1.82) is 0 Å². The van der Waals surface area contributed by atoms with Crippen LogP contribution >= 0.6 is 11.8 Å². The SMILES string of the molecule is COc1ccc(N2C(=O)[C@H]3[C@@H](C2=O)[C@](CCSC)(C(=O)O)N[C@H]3c2cccc(OC)c2O)cc1. The minimum atomic E-state index is -1.68. The van der Waals surface area contributed by atoms with Gasteiger partial charge in [0.15, 0.2) is 11.5 Å². The van der Waals surface area contributed by atoms with E-state index in [4.69, 9.17) is 9.47 Å². The summed E-state index contributed by atoms with van der Waals surface area (Å²) in [6, 6.07) is 10.4. The molecule has 2 aliphatic rings. The summed E-state index contributed by atoms with van der Waals surface area (Å²) in [5.74, 6) is -3.47. The van der Waals surface area contributed by atoms with Gasteiger partial charge in [0.05, 0.1) is 31.7 Å². The number of phenols is 1. The van der Waals surface area contributed by atoms with Gasteiger partial charge in [-0.05, 0) is 48.8 Å². The van der Waals surface area contributed by atoms with Crippen LogP contribution in [0.5, 0.6) is 17.2 Å². The van der Waals surface area contributed by atoms with Crippen molar-refractivity contribution in [3.05, 3.63) is 48.0 Å². The molecule has 0 bridgehead atoms. The van der Waals surface area contributed by atoms with E-state index in [-0.39, 0.29) is 17.9 Å². The Morgan fingerprint density at radius 3 is 2.41 bits per heavy atom. The monoisotopic (exact) mass is 486 g/mol. The molecule has 34 heavy (non-hydrogen) atoms. The molecular formula is C24H26N2O7S. The van der Waals surface area contributed by atoms with Gasteiger partial charge in [0, 0.05) is 11.6 Å². The number of imide groups is 1. The number of para-hydroxylation sites is 1. The summed E-state index contributed by atoms with van der Waals surface area (Å²) in [6.45, 7) is 0. The molecule has 9 nitrogen and oxygen atoms in total. The van der Waals surface area contributed by atoms with Gasteiger partial charge in [0.1, 0.15) is 11.3 Å². The fraction of sp³-hybridized carbons (Fsp3) is 0.375. The number of benzene rings is 2. The van der Waals surface area contributed by atoms with Gasteiger partial charge in [-0.1, -0.05) is 12.1 Å². The lowest BCUT2D eigenvalue weighted by Gasteiger charge is -2.31. The summed E-state index contributed by atoms with van der Waals surface area (Å²) >= 11 is 1.45. The zero-order valence-corrected chi connectivity index (χ0v) is 19.8. The number of carbonyl (C=O) groups is 3. The number of nitrogens with zero attached hydrogens (tertiary/aromatic N) is 1. The Morgan fingerprint density at radius 2 is 1.82 bits per heavy atom. The minimum absolute atomic E-state index is 0.126. The van der Waals surface area contributed by atoms with E-state index < -0.39 is 41.2 Å². The summed E-state index contributed by atoms with van der Waals surface area (Å²) in [4.78, 5) is 41.1. The summed E-state index contributed by atoms with van der Waals surface area (Å²) < 4.78 is 10.4. The average Bonchev–Trinajstić information content (AvgIpc) is 3.32. The Labute approximate surface area is 201 Å². The molecule has 0 radical (unpaired) electrons. The van der Waals surface area contributed by atoms with Crippen molar-refractivity contribution in [1.82, 2.24) is 5.32 Å². The van der Waals surface area contributed by atoms with Crippen molar-refractivity contribution in [2.24, 2.45) is 11.8 Å². The average molecular weight is 487 g/mol. The zero-order valence-electron chi connectivity index (χ0n) is 19.0. The molecular weight excluding hydrogens is 460 g/mol. The topological polar surface area (TPSA) is 125 Å². The van der Waals surface area contributed by atoms with Crippen LogP contribution in [-0.4, -0.2) is 59.8 Å². The first kappa shape index (κ1) is 23.9. The van der Waals surface area contributed by atoms with Crippen LogP contribution in [0.3, 0.4) is 0 Å². The third-order valence-electron chi connectivity index (χ3n) is 6.65. The molecule has 2 saturated heterocycles. The molecule has 2 amide bonds. The van der Waals surface area contributed by atoms with Crippen molar-refractivity contribution in [2.75, 3.05) is 31.1 Å². The number of nitrogens with one attached hydrogen (secondary N) is 1. The number of carboxylic acids is 1. The molecule has 2 heterocycles. The molecule has 4 atom stereocenters. The molecule has 4 rings (SSSR count). The molecule has 0 aromatic heterocycles. The van der Waals surface area contributed by atoms with E-state index in [1.807, 2.05) is 6.26 Å². The van der Waals surface area contributed by atoms with E-state index >= 15 is 0 Å². The Hall–Kier alpha value is -3.24. The van der Waals surface area contributed by atoms with Crippen LogP contribution < -0.4 is 19.7 Å². The van der Waals surface area contributed by atoms with Gasteiger partial charge in [-0.15, -0.1) is 0 Å². The first-order valence-corrected chi connectivity index (χ1v) is 12.1. The fourth-order valence-electron chi connectivity index (χ4n) is 5.01. The Morgan fingerprint density at radius 1 is 1.12 bits per heavy atom. The molecule has 2 fully saturated rings. The molecule has 3 N–H and O–H groups in total. The molecule has 0 saturated carbocycles. The Bertz CT molecular complexity index is 1120. The highest BCUT2D eigenvalue weighted by molar-refractivity contribution is 7.98. The predicted octanol–water partition coefficient (Wildman–Crippen LogP) is 2.44. The van der Waals surface area contributed by atoms with Gasteiger partial charge in [-0.25, -0.2) is 4.90 Å². The first-order chi connectivity index (χ1) is 16.3. The number of hydrogen-bond donors (Lipinski definition) is 3. The third kappa shape index (κ3) is 3.57. The number of amides is 2. The van der Waals surface area contributed by atoms with E-state index in [9.17, 15) is 24.6 Å². The molecule has 0 spiro atoms. The van der Waals surface area contributed by atoms with Crippen molar-refractivity contribution in [3.63, 3.8) is 0 Å². The number of thioether (sulfide) groups is 1. The summed E-state index contributed by atoms with van der Waals surface area (Å²) in [5.41, 5.74) is -1.04. The normalized spacial score (nSPS) is 26.0. The number of aromatic hydroxyl groups is 1. The third-order valence-corrected chi connectivity index (χ3v) is 7.26. The van der Waals surface area contributed by atoms with Gasteiger partial charge >= 0.3 is 5.97 Å². The summed E-state index contributed by atoms with van der Waals surface area (Å²) in [5, 5.41) is 24.2. The number of phenolic OH excluding ortho intramolecular Hbond substituents is 1.